The monoisotopic (exact) mass is 392 g/mol. The minimum absolute atomic E-state index is 0.00598. The van der Waals surface area contributed by atoms with Gasteiger partial charge >= 0.3 is 0 Å². The highest BCUT2D eigenvalue weighted by atomic mass is 16.6. The Morgan fingerprint density at radius 3 is 2.17 bits per heavy atom. The molecule has 3 aromatic carbocycles. The van der Waals surface area contributed by atoms with Crippen molar-refractivity contribution in [3.8, 4) is 5.75 Å². The van der Waals surface area contributed by atoms with Crippen LogP contribution in [0, 0.1) is 10.1 Å². The summed E-state index contributed by atoms with van der Waals surface area (Å²) in [6, 6.07) is 15.4. The molecule has 1 N–H and O–H groups in total. The summed E-state index contributed by atoms with van der Waals surface area (Å²) < 4.78 is 0. The van der Waals surface area contributed by atoms with Gasteiger partial charge < -0.3 is 10.0 Å². The first kappa shape index (κ1) is 20.3. The second-order valence-corrected chi connectivity index (χ2v) is 6.77. The molecule has 0 saturated heterocycles. The highest BCUT2D eigenvalue weighted by Gasteiger charge is 2.15. The maximum Gasteiger partial charge on any atom is 0.269 e. The van der Waals surface area contributed by atoms with E-state index in [1.807, 2.05) is 24.3 Å². The molecule has 0 fully saturated rings. The lowest BCUT2D eigenvalue weighted by Gasteiger charge is -2.26. The molecule has 29 heavy (non-hydrogen) atoms. The number of azo groups is 1. The van der Waals surface area contributed by atoms with Gasteiger partial charge in [0, 0.05) is 47.7 Å². The van der Waals surface area contributed by atoms with Crippen molar-refractivity contribution < 1.29 is 10.0 Å². The highest BCUT2D eigenvalue weighted by molar-refractivity contribution is 6.03. The van der Waals surface area contributed by atoms with E-state index in [2.05, 4.69) is 29.0 Å². The Morgan fingerprint density at radius 2 is 1.59 bits per heavy atom. The quantitative estimate of drug-likeness (QED) is 0.269. The Balaban J connectivity index is 2.04. The lowest BCUT2D eigenvalue weighted by atomic mass is 10.0. The fourth-order valence-electron chi connectivity index (χ4n) is 3.33. The van der Waals surface area contributed by atoms with Gasteiger partial charge in [-0.25, -0.2) is 0 Å². The average molecular weight is 392 g/mol. The summed E-state index contributed by atoms with van der Waals surface area (Å²) >= 11 is 0. The van der Waals surface area contributed by atoms with Crippen LogP contribution >= 0.6 is 0 Å². The number of hydrogen-bond donors (Lipinski definition) is 1. The standard InChI is InChI=1S/C22H24N4O3/c1-3-13-25(14-4-2)20-15-21(27)22(19-8-6-5-7-18(19)20)24-23-16-9-11-17(12-10-16)26(28)29/h5-12,15,27H,3-4,13-14H2,1-2H3. The summed E-state index contributed by atoms with van der Waals surface area (Å²) in [5, 5.41) is 31.7. The maximum absolute atomic E-state index is 10.8. The third kappa shape index (κ3) is 4.51. The van der Waals surface area contributed by atoms with Gasteiger partial charge in [0.15, 0.2) is 0 Å². The van der Waals surface area contributed by atoms with E-state index >= 15 is 0 Å². The molecule has 0 aromatic heterocycles. The van der Waals surface area contributed by atoms with Gasteiger partial charge in [0.1, 0.15) is 11.4 Å². The topological polar surface area (TPSA) is 91.3 Å². The van der Waals surface area contributed by atoms with Gasteiger partial charge in [-0.15, -0.1) is 5.11 Å². The zero-order valence-electron chi connectivity index (χ0n) is 16.6. The van der Waals surface area contributed by atoms with Gasteiger partial charge in [-0.2, -0.15) is 5.11 Å². The summed E-state index contributed by atoms with van der Waals surface area (Å²) in [6.45, 7) is 6.08. The number of hydrogen-bond acceptors (Lipinski definition) is 6. The number of nitrogens with zero attached hydrogens (tertiary/aromatic N) is 4. The average Bonchev–Trinajstić information content (AvgIpc) is 2.73. The molecule has 0 saturated carbocycles. The molecule has 0 amide bonds. The van der Waals surface area contributed by atoms with Gasteiger partial charge in [-0.1, -0.05) is 38.1 Å². The van der Waals surface area contributed by atoms with E-state index in [1.165, 1.54) is 24.3 Å². The SMILES string of the molecule is CCCN(CCC)c1cc(O)c(N=Nc2ccc([N+](=O)[O-])cc2)c2ccccc12. The van der Waals surface area contributed by atoms with Crippen LogP contribution in [0.5, 0.6) is 5.75 Å². The first-order valence-corrected chi connectivity index (χ1v) is 9.71. The molecule has 150 valence electrons. The molecular formula is C22H24N4O3. The smallest absolute Gasteiger partial charge is 0.269 e. The third-order valence-electron chi connectivity index (χ3n) is 4.63. The number of nitro benzene ring substituents is 1. The molecule has 0 unspecified atom stereocenters. The summed E-state index contributed by atoms with van der Waals surface area (Å²) in [7, 11) is 0. The number of rotatable bonds is 8. The molecule has 0 aliphatic rings. The van der Waals surface area contributed by atoms with Gasteiger partial charge in [-0.05, 0) is 25.0 Å². The van der Waals surface area contributed by atoms with Crippen LogP contribution in [0.2, 0.25) is 0 Å². The minimum Gasteiger partial charge on any atom is -0.506 e. The number of nitro groups is 1. The lowest BCUT2D eigenvalue weighted by molar-refractivity contribution is -0.384. The molecule has 0 aliphatic carbocycles. The second-order valence-electron chi connectivity index (χ2n) is 6.77. The first-order chi connectivity index (χ1) is 14.0. The van der Waals surface area contributed by atoms with Crippen LogP contribution in [0.3, 0.4) is 0 Å². The number of anilines is 1. The van der Waals surface area contributed by atoms with Crippen molar-refractivity contribution in [3.63, 3.8) is 0 Å². The fourth-order valence-corrected chi connectivity index (χ4v) is 3.33. The molecule has 3 aromatic rings. The van der Waals surface area contributed by atoms with Crippen LogP contribution in [-0.2, 0) is 0 Å². The second kappa shape index (κ2) is 9.14. The van der Waals surface area contributed by atoms with Crippen molar-refractivity contribution >= 4 is 33.5 Å². The van der Waals surface area contributed by atoms with Crippen LogP contribution < -0.4 is 4.90 Å². The predicted octanol–water partition coefficient (Wildman–Crippen LogP) is 6.50. The first-order valence-electron chi connectivity index (χ1n) is 9.71. The Labute approximate surface area is 169 Å². The van der Waals surface area contributed by atoms with E-state index in [0.717, 1.165) is 42.4 Å². The van der Waals surface area contributed by atoms with E-state index in [4.69, 9.17) is 0 Å². The van der Waals surface area contributed by atoms with Crippen molar-refractivity contribution in [2.75, 3.05) is 18.0 Å². The number of phenolic OH excluding ortho intramolecular Hbond substituents is 1. The van der Waals surface area contributed by atoms with Crippen LogP contribution in [0.1, 0.15) is 26.7 Å². The minimum atomic E-state index is -0.461. The number of fused-ring (bicyclic) bond motifs is 1. The largest absolute Gasteiger partial charge is 0.506 e. The summed E-state index contributed by atoms with van der Waals surface area (Å²) in [4.78, 5) is 12.6. The van der Waals surface area contributed by atoms with Crippen molar-refractivity contribution in [1.29, 1.82) is 0 Å². The van der Waals surface area contributed by atoms with E-state index in [1.54, 1.807) is 6.07 Å². The number of aromatic hydroxyl groups is 1. The van der Waals surface area contributed by atoms with Crippen LogP contribution in [0.4, 0.5) is 22.7 Å². The van der Waals surface area contributed by atoms with E-state index in [-0.39, 0.29) is 11.4 Å². The molecule has 0 bridgehead atoms. The van der Waals surface area contributed by atoms with Crippen molar-refractivity contribution in [2.24, 2.45) is 10.2 Å². The Kier molecular flexibility index (Phi) is 6.39. The highest BCUT2D eigenvalue weighted by Crippen LogP contribution is 2.42. The number of non-ortho nitro benzene ring substituents is 1. The van der Waals surface area contributed by atoms with Crippen molar-refractivity contribution in [1.82, 2.24) is 0 Å². The molecule has 0 atom stereocenters. The van der Waals surface area contributed by atoms with Crippen molar-refractivity contribution in [2.45, 2.75) is 26.7 Å². The van der Waals surface area contributed by atoms with Gasteiger partial charge in [0.05, 0.1) is 10.6 Å². The fraction of sp³-hybridized carbons (Fsp3) is 0.273. The van der Waals surface area contributed by atoms with Gasteiger partial charge in [0.25, 0.3) is 5.69 Å². The van der Waals surface area contributed by atoms with E-state index in [9.17, 15) is 15.2 Å². The molecule has 0 heterocycles. The van der Waals surface area contributed by atoms with E-state index in [0.29, 0.717) is 11.4 Å². The summed E-state index contributed by atoms with van der Waals surface area (Å²) in [5.41, 5.74) is 1.84. The molecule has 7 heteroatoms. The normalized spacial score (nSPS) is 11.2. The number of phenols is 1. The van der Waals surface area contributed by atoms with Crippen LogP contribution in [0.15, 0.2) is 64.8 Å². The predicted molar refractivity (Wildman–Crippen MR) is 116 cm³/mol. The zero-order valence-corrected chi connectivity index (χ0v) is 16.6. The van der Waals surface area contributed by atoms with Gasteiger partial charge in [-0.3, -0.25) is 10.1 Å². The Hall–Kier alpha value is -3.48. The van der Waals surface area contributed by atoms with Crippen LogP contribution in [0.25, 0.3) is 10.8 Å². The molecule has 0 aliphatic heterocycles. The van der Waals surface area contributed by atoms with Crippen LogP contribution in [-0.4, -0.2) is 23.1 Å². The van der Waals surface area contributed by atoms with Crippen molar-refractivity contribution in [3.05, 3.63) is 64.7 Å². The maximum atomic E-state index is 10.8. The zero-order chi connectivity index (χ0) is 20.8. The third-order valence-corrected chi connectivity index (χ3v) is 4.63. The molecule has 3 rings (SSSR count). The molecular weight excluding hydrogens is 368 g/mol. The summed E-state index contributed by atoms with van der Waals surface area (Å²) in [6.07, 6.45) is 2.02. The summed E-state index contributed by atoms with van der Waals surface area (Å²) in [5.74, 6) is 0.0570. The van der Waals surface area contributed by atoms with Gasteiger partial charge in [0.2, 0.25) is 0 Å². The molecule has 7 nitrogen and oxygen atoms in total. The Bertz CT molecular complexity index is 1030. The number of benzene rings is 3. The molecule has 0 radical (unpaired) electrons. The lowest BCUT2D eigenvalue weighted by Crippen LogP contribution is -2.25. The Morgan fingerprint density at radius 1 is 0.966 bits per heavy atom. The van der Waals surface area contributed by atoms with E-state index < -0.39 is 4.92 Å². The molecule has 0 spiro atoms.